The minimum absolute atomic E-state index is 0.0153. The van der Waals surface area contributed by atoms with Crippen molar-refractivity contribution in [3.05, 3.63) is 57.1 Å². The zero-order valence-corrected chi connectivity index (χ0v) is 16.5. The summed E-state index contributed by atoms with van der Waals surface area (Å²) in [6.45, 7) is 0.258. The van der Waals surface area contributed by atoms with Crippen molar-refractivity contribution in [1.29, 1.82) is 0 Å². The molecule has 1 N–H and O–H groups in total. The van der Waals surface area contributed by atoms with Crippen LogP contribution in [0.1, 0.15) is 12.8 Å². The highest BCUT2D eigenvalue weighted by molar-refractivity contribution is 5.98. The third-order valence-electron chi connectivity index (χ3n) is 4.99. The zero-order valence-electron chi connectivity index (χ0n) is 16.5. The molecule has 2 aromatic carbocycles. The monoisotopic (exact) mass is 426 g/mol. The highest BCUT2D eigenvalue weighted by atomic mass is 16.6. The summed E-state index contributed by atoms with van der Waals surface area (Å²) >= 11 is 0. The number of nitrogens with one attached hydrogen (secondary N) is 1. The molecule has 3 aromatic rings. The number of nitrogens with zero attached hydrogens (tertiary/aromatic N) is 3. The second-order valence-electron chi connectivity index (χ2n) is 6.95. The Kier molecular flexibility index (Phi) is 5.15. The molecule has 1 aliphatic heterocycles. The molecule has 1 fully saturated rings. The van der Waals surface area contributed by atoms with E-state index in [2.05, 4.69) is 5.32 Å². The number of carbonyl (C=O) groups is 2. The first-order valence-corrected chi connectivity index (χ1v) is 9.43. The van der Waals surface area contributed by atoms with Crippen LogP contribution in [0.25, 0.3) is 11.1 Å². The number of methoxy groups -OCH3 is 1. The number of ether oxygens (including phenoxy) is 1. The molecule has 0 saturated carbocycles. The smallest absolute Gasteiger partial charge is 0.420 e. The minimum Gasteiger partial charge on any atom is -0.494 e. The molecule has 11 nitrogen and oxygen atoms in total. The van der Waals surface area contributed by atoms with E-state index in [1.165, 1.54) is 19.2 Å². The first-order valence-electron chi connectivity index (χ1n) is 9.43. The molecule has 0 spiro atoms. The fourth-order valence-corrected chi connectivity index (χ4v) is 3.54. The van der Waals surface area contributed by atoms with Crippen LogP contribution in [-0.4, -0.2) is 35.0 Å². The SMILES string of the molecule is COc1cc(NC(=O)Cn2c(=O)oc3cc([N+](=O)[O-])ccc32)ccc1N1CCCC1=O. The molecular weight excluding hydrogens is 408 g/mol. The number of hydrogen-bond donors (Lipinski definition) is 1. The van der Waals surface area contributed by atoms with E-state index in [0.29, 0.717) is 30.1 Å². The molecule has 4 rings (SSSR count). The Bertz CT molecular complexity index is 1260. The number of nitro benzene ring substituents is 1. The lowest BCUT2D eigenvalue weighted by molar-refractivity contribution is -0.384. The van der Waals surface area contributed by atoms with Gasteiger partial charge in [-0.25, -0.2) is 4.79 Å². The Labute approximate surface area is 175 Å². The van der Waals surface area contributed by atoms with Gasteiger partial charge in [0.15, 0.2) is 5.58 Å². The molecule has 0 bridgehead atoms. The topological polar surface area (TPSA) is 137 Å². The van der Waals surface area contributed by atoms with E-state index >= 15 is 0 Å². The first kappa shape index (κ1) is 20.1. The highest BCUT2D eigenvalue weighted by Gasteiger charge is 2.24. The molecule has 2 amide bonds. The molecular formula is C20H18N4O7. The molecule has 1 saturated heterocycles. The minimum atomic E-state index is -0.800. The number of anilines is 2. The van der Waals surface area contributed by atoms with Crippen LogP contribution in [0.15, 0.2) is 45.6 Å². The van der Waals surface area contributed by atoms with Gasteiger partial charge in [0.1, 0.15) is 12.3 Å². The summed E-state index contributed by atoms with van der Waals surface area (Å²) in [6.07, 6.45) is 1.26. The van der Waals surface area contributed by atoms with E-state index < -0.39 is 16.6 Å². The normalized spacial score (nSPS) is 13.6. The van der Waals surface area contributed by atoms with Crippen LogP contribution in [0, 0.1) is 10.1 Å². The van der Waals surface area contributed by atoms with Crippen molar-refractivity contribution in [3.8, 4) is 5.75 Å². The quantitative estimate of drug-likeness (QED) is 0.471. The van der Waals surface area contributed by atoms with Crippen LogP contribution in [0.3, 0.4) is 0 Å². The van der Waals surface area contributed by atoms with Gasteiger partial charge in [0.05, 0.1) is 29.3 Å². The van der Waals surface area contributed by atoms with E-state index in [0.717, 1.165) is 17.1 Å². The van der Waals surface area contributed by atoms with Gasteiger partial charge in [-0.05, 0) is 24.6 Å². The lowest BCUT2D eigenvalue weighted by atomic mass is 10.2. The van der Waals surface area contributed by atoms with E-state index in [1.54, 1.807) is 23.1 Å². The number of rotatable bonds is 6. The fourth-order valence-electron chi connectivity index (χ4n) is 3.54. The second-order valence-corrected chi connectivity index (χ2v) is 6.95. The van der Waals surface area contributed by atoms with Crippen LogP contribution in [0.2, 0.25) is 0 Å². The maximum absolute atomic E-state index is 12.5. The van der Waals surface area contributed by atoms with Crippen molar-refractivity contribution in [2.24, 2.45) is 0 Å². The van der Waals surface area contributed by atoms with Gasteiger partial charge in [0.2, 0.25) is 11.8 Å². The van der Waals surface area contributed by atoms with E-state index in [-0.39, 0.29) is 29.2 Å². The third-order valence-corrected chi connectivity index (χ3v) is 4.99. The summed E-state index contributed by atoms with van der Waals surface area (Å²) in [4.78, 5) is 48.6. The van der Waals surface area contributed by atoms with Gasteiger partial charge in [0.25, 0.3) is 5.69 Å². The van der Waals surface area contributed by atoms with Gasteiger partial charge >= 0.3 is 5.76 Å². The van der Waals surface area contributed by atoms with Gasteiger partial charge in [-0.1, -0.05) is 0 Å². The molecule has 0 radical (unpaired) electrons. The summed E-state index contributed by atoms with van der Waals surface area (Å²) in [5.74, 6) is -0.853. The van der Waals surface area contributed by atoms with Crippen LogP contribution in [-0.2, 0) is 16.1 Å². The number of non-ortho nitro benzene ring substituents is 1. The highest BCUT2D eigenvalue weighted by Crippen LogP contribution is 2.33. The maximum Gasteiger partial charge on any atom is 0.420 e. The lowest BCUT2D eigenvalue weighted by Crippen LogP contribution is -2.25. The molecule has 1 aliphatic rings. The second kappa shape index (κ2) is 7.94. The van der Waals surface area contributed by atoms with Crippen LogP contribution >= 0.6 is 0 Å². The Hall–Kier alpha value is -4.15. The fraction of sp³-hybridized carbons (Fsp3) is 0.250. The van der Waals surface area contributed by atoms with Gasteiger partial charge in [0, 0.05) is 30.8 Å². The first-order chi connectivity index (χ1) is 14.9. The number of nitro groups is 1. The Morgan fingerprint density at radius 2 is 2.06 bits per heavy atom. The van der Waals surface area contributed by atoms with Gasteiger partial charge in [-0.3, -0.25) is 24.3 Å². The number of amides is 2. The Balaban J connectivity index is 1.54. The molecule has 2 heterocycles. The van der Waals surface area contributed by atoms with Crippen molar-refractivity contribution in [2.45, 2.75) is 19.4 Å². The number of fused-ring (bicyclic) bond motifs is 1. The van der Waals surface area contributed by atoms with E-state index in [1.807, 2.05) is 0 Å². The average molecular weight is 426 g/mol. The summed E-state index contributed by atoms with van der Waals surface area (Å²) in [6, 6.07) is 8.65. The average Bonchev–Trinajstić information content (AvgIpc) is 3.30. The van der Waals surface area contributed by atoms with E-state index in [9.17, 15) is 24.5 Å². The number of carbonyl (C=O) groups excluding carboxylic acids is 2. The molecule has 0 unspecified atom stereocenters. The predicted octanol–water partition coefficient (Wildman–Crippen LogP) is 2.28. The summed E-state index contributed by atoms with van der Waals surface area (Å²) in [7, 11) is 1.47. The molecule has 1 aromatic heterocycles. The van der Waals surface area contributed by atoms with Gasteiger partial charge < -0.3 is 19.4 Å². The Morgan fingerprint density at radius 1 is 1.26 bits per heavy atom. The lowest BCUT2D eigenvalue weighted by Gasteiger charge is -2.19. The van der Waals surface area contributed by atoms with Crippen molar-refractivity contribution in [3.63, 3.8) is 0 Å². The van der Waals surface area contributed by atoms with Crippen LogP contribution in [0.5, 0.6) is 5.75 Å². The molecule has 0 atom stereocenters. The molecule has 31 heavy (non-hydrogen) atoms. The van der Waals surface area contributed by atoms with Crippen molar-refractivity contribution in [1.82, 2.24) is 4.57 Å². The number of aromatic nitrogens is 1. The molecule has 0 aliphatic carbocycles. The molecule has 160 valence electrons. The van der Waals surface area contributed by atoms with Crippen molar-refractivity contribution < 1.29 is 23.7 Å². The third kappa shape index (κ3) is 3.84. The molecule has 11 heteroatoms. The van der Waals surface area contributed by atoms with Crippen molar-refractivity contribution in [2.75, 3.05) is 23.9 Å². The van der Waals surface area contributed by atoms with Crippen molar-refractivity contribution >= 4 is 40.0 Å². The van der Waals surface area contributed by atoms with Crippen LogP contribution in [0.4, 0.5) is 17.1 Å². The number of oxazole rings is 1. The zero-order chi connectivity index (χ0) is 22.1. The van der Waals surface area contributed by atoms with E-state index in [4.69, 9.17) is 9.15 Å². The maximum atomic E-state index is 12.5. The van der Waals surface area contributed by atoms with Gasteiger partial charge in [-0.2, -0.15) is 0 Å². The summed E-state index contributed by atoms with van der Waals surface area (Å²) in [5.41, 5.74) is 1.12. The standard InChI is InChI=1S/C20H18N4O7/c1-30-16-9-12(4-6-14(16)22-8-2-3-19(22)26)21-18(25)11-23-15-7-5-13(24(28)29)10-17(15)31-20(23)27/h4-7,9-10H,2-3,8,11H2,1H3,(H,21,25). The van der Waals surface area contributed by atoms with Gasteiger partial charge in [-0.15, -0.1) is 0 Å². The predicted molar refractivity (Wildman–Crippen MR) is 110 cm³/mol. The summed E-state index contributed by atoms with van der Waals surface area (Å²) in [5, 5.41) is 13.6. The summed E-state index contributed by atoms with van der Waals surface area (Å²) < 4.78 is 11.5. The number of benzene rings is 2. The number of hydrogen-bond acceptors (Lipinski definition) is 7. The van der Waals surface area contributed by atoms with Crippen LogP contribution < -0.4 is 20.7 Å². The Morgan fingerprint density at radius 3 is 2.74 bits per heavy atom. The largest absolute Gasteiger partial charge is 0.494 e.